The lowest BCUT2D eigenvalue weighted by Gasteiger charge is -2.33. The lowest BCUT2D eigenvalue weighted by Crippen LogP contribution is -2.43. The van der Waals surface area contributed by atoms with Crippen LogP contribution in [0.4, 0.5) is 0 Å². The molecule has 0 spiro atoms. The van der Waals surface area contributed by atoms with Crippen molar-refractivity contribution in [2.24, 2.45) is 11.7 Å². The first-order valence-electron chi connectivity index (χ1n) is 8.51. The Morgan fingerprint density at radius 1 is 1.21 bits per heavy atom. The van der Waals surface area contributed by atoms with Crippen LogP contribution in [0.3, 0.4) is 0 Å². The van der Waals surface area contributed by atoms with Gasteiger partial charge in [-0.15, -0.1) is 12.4 Å². The summed E-state index contributed by atoms with van der Waals surface area (Å²) < 4.78 is 5.96. The van der Waals surface area contributed by atoms with Crippen molar-refractivity contribution in [1.29, 1.82) is 0 Å². The van der Waals surface area contributed by atoms with Gasteiger partial charge >= 0.3 is 0 Å². The van der Waals surface area contributed by atoms with Crippen LogP contribution in [0, 0.1) is 5.92 Å². The van der Waals surface area contributed by atoms with E-state index in [1.54, 1.807) is 0 Å². The molecule has 3 rings (SSSR count). The summed E-state index contributed by atoms with van der Waals surface area (Å²) in [4.78, 5) is 14.4. The Morgan fingerprint density at radius 2 is 1.88 bits per heavy atom. The second kappa shape index (κ2) is 8.81. The lowest BCUT2D eigenvalue weighted by molar-refractivity contribution is -0.138. The topological polar surface area (TPSA) is 75.8 Å². The van der Waals surface area contributed by atoms with Gasteiger partial charge in [-0.1, -0.05) is 30.3 Å². The number of aliphatic hydroxyl groups is 1. The first-order chi connectivity index (χ1) is 11.1. The number of amides is 1. The van der Waals surface area contributed by atoms with E-state index in [1.165, 1.54) is 5.56 Å². The highest BCUT2D eigenvalue weighted by molar-refractivity contribution is 5.85. The van der Waals surface area contributed by atoms with Gasteiger partial charge in [0.15, 0.2) is 0 Å². The van der Waals surface area contributed by atoms with Gasteiger partial charge in [0.2, 0.25) is 5.91 Å². The molecule has 0 aromatic heterocycles. The van der Waals surface area contributed by atoms with Crippen molar-refractivity contribution in [2.75, 3.05) is 13.1 Å². The van der Waals surface area contributed by atoms with E-state index in [9.17, 15) is 9.90 Å². The molecule has 3 N–H and O–H groups in total. The minimum absolute atomic E-state index is 0. The van der Waals surface area contributed by atoms with Crippen molar-refractivity contribution in [2.45, 2.75) is 50.5 Å². The molecule has 2 fully saturated rings. The summed E-state index contributed by atoms with van der Waals surface area (Å²) in [5.74, 6) is 0.0419. The third-order valence-corrected chi connectivity index (χ3v) is 5.01. The molecule has 134 valence electrons. The Morgan fingerprint density at radius 3 is 2.46 bits per heavy atom. The largest absolute Gasteiger partial charge is 0.391 e. The van der Waals surface area contributed by atoms with E-state index in [0.717, 1.165) is 25.9 Å². The van der Waals surface area contributed by atoms with E-state index in [1.807, 2.05) is 23.1 Å². The fourth-order valence-electron chi connectivity index (χ4n) is 3.54. The van der Waals surface area contributed by atoms with Crippen molar-refractivity contribution < 1.29 is 14.6 Å². The van der Waals surface area contributed by atoms with Gasteiger partial charge in [-0.05, 0) is 31.2 Å². The quantitative estimate of drug-likeness (QED) is 0.863. The highest BCUT2D eigenvalue weighted by atomic mass is 35.5. The molecular weight excluding hydrogens is 328 g/mol. The molecule has 1 saturated heterocycles. The van der Waals surface area contributed by atoms with Crippen LogP contribution >= 0.6 is 12.4 Å². The van der Waals surface area contributed by atoms with Gasteiger partial charge in [0.05, 0.1) is 18.8 Å². The Labute approximate surface area is 149 Å². The summed E-state index contributed by atoms with van der Waals surface area (Å²) in [7, 11) is 0. The van der Waals surface area contributed by atoms with Crippen LogP contribution in [-0.2, 0) is 16.1 Å². The molecule has 5 nitrogen and oxygen atoms in total. The molecule has 0 bridgehead atoms. The number of hydrogen-bond acceptors (Lipinski definition) is 4. The zero-order valence-electron chi connectivity index (χ0n) is 13.8. The van der Waals surface area contributed by atoms with Gasteiger partial charge in [0, 0.05) is 25.0 Å². The number of halogens is 1. The second-order valence-electron chi connectivity index (χ2n) is 6.72. The molecule has 1 aromatic rings. The molecule has 24 heavy (non-hydrogen) atoms. The number of carbonyl (C=O) groups is 1. The van der Waals surface area contributed by atoms with Crippen LogP contribution in [-0.4, -0.2) is 47.3 Å². The maximum atomic E-state index is 12.5. The number of rotatable bonds is 4. The smallest absolute Gasteiger partial charge is 0.225 e. The predicted molar refractivity (Wildman–Crippen MR) is 94.8 cm³/mol. The molecular formula is C18H27ClN2O3. The Hall–Kier alpha value is -1.14. The van der Waals surface area contributed by atoms with Crippen LogP contribution < -0.4 is 5.73 Å². The summed E-state index contributed by atoms with van der Waals surface area (Å²) in [5, 5.41) is 9.72. The number of ether oxygens (including phenoxy) is 1. The van der Waals surface area contributed by atoms with E-state index in [-0.39, 0.29) is 36.4 Å². The fourth-order valence-corrected chi connectivity index (χ4v) is 3.54. The maximum absolute atomic E-state index is 12.5. The summed E-state index contributed by atoms with van der Waals surface area (Å²) in [6.45, 7) is 2.10. The first kappa shape index (κ1) is 19.2. The molecule has 6 heteroatoms. The molecule has 1 aliphatic heterocycles. The number of benzene rings is 1. The van der Waals surface area contributed by atoms with Gasteiger partial charge in [-0.3, -0.25) is 4.79 Å². The summed E-state index contributed by atoms with van der Waals surface area (Å²) in [6.07, 6.45) is 2.54. The third-order valence-electron chi connectivity index (χ3n) is 5.01. The molecule has 1 aliphatic carbocycles. The molecule has 1 saturated carbocycles. The normalized spacial score (nSPS) is 27.8. The SMILES string of the molecule is Cl.N[C@@H]1C[C@H](C(=O)N2CCC(OCc3ccccc3)CC2)C[C@H]1O. The van der Waals surface area contributed by atoms with E-state index in [4.69, 9.17) is 10.5 Å². The van der Waals surface area contributed by atoms with Crippen LogP contribution in [0.15, 0.2) is 30.3 Å². The van der Waals surface area contributed by atoms with Crippen molar-refractivity contribution >= 4 is 18.3 Å². The summed E-state index contributed by atoms with van der Waals surface area (Å²) in [5.41, 5.74) is 6.99. The monoisotopic (exact) mass is 354 g/mol. The molecule has 1 heterocycles. The number of aliphatic hydroxyl groups excluding tert-OH is 1. The maximum Gasteiger partial charge on any atom is 0.225 e. The summed E-state index contributed by atoms with van der Waals surface area (Å²) >= 11 is 0. The number of piperidine rings is 1. The number of hydrogen-bond donors (Lipinski definition) is 2. The molecule has 3 atom stereocenters. The zero-order chi connectivity index (χ0) is 16.2. The molecule has 1 amide bonds. The van der Waals surface area contributed by atoms with Gasteiger partial charge < -0.3 is 20.5 Å². The Bertz CT molecular complexity index is 510. The minimum atomic E-state index is -0.532. The number of nitrogens with zero attached hydrogens (tertiary/aromatic N) is 1. The first-order valence-corrected chi connectivity index (χ1v) is 8.51. The molecule has 2 aliphatic rings. The standard InChI is InChI=1S/C18H26N2O3.ClH/c19-16-10-14(11-17(16)21)18(22)20-8-6-15(7-9-20)23-12-13-4-2-1-3-5-13;/h1-5,14-17,21H,6-12,19H2;1H/t14-,16+,17+;/m0./s1. The average molecular weight is 355 g/mol. The highest BCUT2D eigenvalue weighted by Gasteiger charge is 2.37. The summed E-state index contributed by atoms with van der Waals surface area (Å²) in [6, 6.07) is 9.90. The third kappa shape index (κ3) is 4.70. The second-order valence-corrected chi connectivity index (χ2v) is 6.72. The van der Waals surface area contributed by atoms with Gasteiger partial charge in [0.25, 0.3) is 0 Å². The van der Waals surface area contributed by atoms with Crippen molar-refractivity contribution in [3.63, 3.8) is 0 Å². The minimum Gasteiger partial charge on any atom is -0.391 e. The molecule has 0 unspecified atom stereocenters. The predicted octanol–water partition coefficient (Wildman–Crippen LogP) is 1.71. The van der Waals surface area contributed by atoms with Crippen LogP contribution in [0.2, 0.25) is 0 Å². The number of likely N-dealkylation sites (tertiary alicyclic amines) is 1. The number of carbonyl (C=O) groups excluding carboxylic acids is 1. The van der Waals surface area contributed by atoms with Gasteiger partial charge in [-0.25, -0.2) is 0 Å². The van der Waals surface area contributed by atoms with Crippen molar-refractivity contribution in [1.82, 2.24) is 4.90 Å². The zero-order valence-corrected chi connectivity index (χ0v) is 14.7. The van der Waals surface area contributed by atoms with Gasteiger partial charge in [0.1, 0.15) is 0 Å². The van der Waals surface area contributed by atoms with E-state index >= 15 is 0 Å². The van der Waals surface area contributed by atoms with Crippen molar-refractivity contribution in [3.8, 4) is 0 Å². The van der Waals surface area contributed by atoms with Crippen LogP contribution in [0.25, 0.3) is 0 Å². The van der Waals surface area contributed by atoms with Crippen molar-refractivity contribution in [3.05, 3.63) is 35.9 Å². The lowest BCUT2D eigenvalue weighted by atomic mass is 10.0. The Kier molecular flexibility index (Phi) is 7.04. The van der Waals surface area contributed by atoms with Gasteiger partial charge in [-0.2, -0.15) is 0 Å². The molecule has 0 radical (unpaired) electrons. The van der Waals surface area contributed by atoms with E-state index < -0.39 is 6.10 Å². The van der Waals surface area contributed by atoms with E-state index in [0.29, 0.717) is 19.4 Å². The fraction of sp³-hybridized carbons (Fsp3) is 0.611. The van der Waals surface area contributed by atoms with Crippen LogP contribution in [0.1, 0.15) is 31.2 Å². The highest BCUT2D eigenvalue weighted by Crippen LogP contribution is 2.28. The van der Waals surface area contributed by atoms with Crippen LogP contribution in [0.5, 0.6) is 0 Å². The molecule has 1 aromatic carbocycles. The Balaban J connectivity index is 0.00000208. The number of nitrogens with two attached hydrogens (primary N) is 1. The van der Waals surface area contributed by atoms with E-state index in [2.05, 4.69) is 12.1 Å². The average Bonchev–Trinajstić information content (AvgIpc) is 2.93.